The molecule has 0 saturated carbocycles. The van der Waals surface area contributed by atoms with Crippen LogP contribution in [0.1, 0.15) is 77.6 Å². The van der Waals surface area contributed by atoms with E-state index in [2.05, 4.69) is 52.9 Å². The third-order valence-electron chi connectivity index (χ3n) is 4.35. The summed E-state index contributed by atoms with van der Waals surface area (Å²) < 4.78 is 25.3. The molecule has 0 aliphatic heterocycles. The Morgan fingerprint density at radius 3 is 2.00 bits per heavy atom. The Hall–Kier alpha value is -2.71. The number of carbonyl (C=O) groups is 2. The van der Waals surface area contributed by atoms with Crippen molar-refractivity contribution in [2.75, 3.05) is 13.2 Å². The molecule has 0 amide bonds. The molecule has 186 valence electrons. The van der Waals surface area contributed by atoms with Gasteiger partial charge in [-0.15, -0.1) is 6.42 Å². The fourth-order valence-corrected chi connectivity index (χ4v) is 3.08. The normalized spacial score (nSPS) is 10.8. The van der Waals surface area contributed by atoms with E-state index in [-0.39, 0.29) is 6.42 Å². The summed E-state index contributed by atoms with van der Waals surface area (Å²) in [7, 11) is -4.79. The lowest BCUT2D eigenvalue weighted by atomic mass is 10.1. The third-order valence-corrected chi connectivity index (χ3v) is 4.83. The average Bonchev–Trinajstić information content (AvgIpc) is 2.78. The minimum atomic E-state index is -4.79. The molecule has 0 bridgehead atoms. The number of carbonyl (C=O) groups excluding carboxylic acids is 2. The Kier molecular flexibility index (Phi) is 19.2. The molecule has 0 aromatic rings. The highest BCUT2D eigenvalue weighted by molar-refractivity contribution is 7.46. The standard InChI is InChI=1S/C25H33O8P/c1-3-5-7-9-11-12-13-14-16-18-20-25(27)33-23(22-32-34(28,29)30)21-31-24(26)19-17-15-10-8-6-4-2/h2,23H,3,5,7,9,11-14,16,18,20-22H2,1H3,(H2,28,29,30)/t23-/m0/s1. The number of rotatable bonds is 17. The summed E-state index contributed by atoms with van der Waals surface area (Å²) in [6.07, 6.45) is 15.0. The van der Waals surface area contributed by atoms with E-state index in [1.54, 1.807) is 0 Å². The number of phosphoric acid groups is 1. The lowest BCUT2D eigenvalue weighted by Gasteiger charge is -2.17. The van der Waals surface area contributed by atoms with Crippen molar-refractivity contribution < 1.29 is 37.9 Å². The molecule has 8 nitrogen and oxygen atoms in total. The lowest BCUT2D eigenvalue weighted by Crippen LogP contribution is -2.29. The number of hydrogen-bond donors (Lipinski definition) is 2. The van der Waals surface area contributed by atoms with Crippen LogP contribution in [0.5, 0.6) is 0 Å². The van der Waals surface area contributed by atoms with Crippen LogP contribution in [0.3, 0.4) is 0 Å². The monoisotopic (exact) mass is 492 g/mol. The van der Waals surface area contributed by atoms with Gasteiger partial charge in [0.05, 0.1) is 6.61 Å². The van der Waals surface area contributed by atoms with Gasteiger partial charge in [0.1, 0.15) is 6.61 Å². The summed E-state index contributed by atoms with van der Waals surface area (Å²) in [5.41, 5.74) is 0. The highest BCUT2D eigenvalue weighted by atomic mass is 31.2. The number of terminal acetylenes is 1. The van der Waals surface area contributed by atoms with E-state index in [0.29, 0.717) is 6.42 Å². The Morgan fingerprint density at radius 1 is 0.853 bits per heavy atom. The summed E-state index contributed by atoms with van der Waals surface area (Å²) in [5.74, 6) is 13.9. The van der Waals surface area contributed by atoms with Crippen LogP contribution >= 0.6 is 7.82 Å². The van der Waals surface area contributed by atoms with Crippen molar-refractivity contribution >= 4 is 19.8 Å². The van der Waals surface area contributed by atoms with Crippen molar-refractivity contribution in [3.8, 4) is 47.9 Å². The quantitative estimate of drug-likeness (QED) is 0.104. The first-order valence-corrected chi connectivity index (χ1v) is 12.8. The van der Waals surface area contributed by atoms with E-state index in [1.807, 2.05) is 0 Å². The molecule has 0 heterocycles. The van der Waals surface area contributed by atoms with Crippen LogP contribution in [0.2, 0.25) is 0 Å². The summed E-state index contributed by atoms with van der Waals surface area (Å²) in [6.45, 7) is 1.07. The molecule has 0 saturated heterocycles. The Labute approximate surface area is 202 Å². The highest BCUT2D eigenvalue weighted by Crippen LogP contribution is 2.35. The number of esters is 2. The molecule has 0 aliphatic rings. The van der Waals surface area contributed by atoms with Crippen LogP contribution in [-0.4, -0.2) is 41.0 Å². The molecule has 2 N–H and O–H groups in total. The van der Waals surface area contributed by atoms with Gasteiger partial charge in [-0.3, -0.25) is 9.32 Å². The van der Waals surface area contributed by atoms with Gasteiger partial charge in [-0.25, -0.2) is 9.36 Å². The van der Waals surface area contributed by atoms with E-state index >= 15 is 0 Å². The van der Waals surface area contributed by atoms with Crippen molar-refractivity contribution in [3.63, 3.8) is 0 Å². The molecule has 0 radical (unpaired) electrons. The van der Waals surface area contributed by atoms with Gasteiger partial charge >= 0.3 is 19.8 Å². The van der Waals surface area contributed by atoms with Crippen molar-refractivity contribution in [2.24, 2.45) is 0 Å². The van der Waals surface area contributed by atoms with E-state index in [4.69, 9.17) is 25.7 Å². The van der Waals surface area contributed by atoms with Gasteiger partial charge in [-0.1, -0.05) is 64.7 Å². The highest BCUT2D eigenvalue weighted by Gasteiger charge is 2.22. The topological polar surface area (TPSA) is 119 Å². The predicted octanol–water partition coefficient (Wildman–Crippen LogP) is 3.51. The molecule has 0 aliphatic carbocycles. The zero-order valence-electron chi connectivity index (χ0n) is 19.6. The van der Waals surface area contributed by atoms with Gasteiger partial charge in [0, 0.05) is 12.3 Å². The molecule has 0 aromatic carbocycles. The smallest absolute Gasteiger partial charge is 0.456 e. The van der Waals surface area contributed by atoms with Crippen LogP contribution in [-0.2, 0) is 28.2 Å². The first kappa shape index (κ1) is 31.3. The second-order valence-electron chi connectivity index (χ2n) is 7.32. The zero-order chi connectivity index (χ0) is 25.5. The Balaban J connectivity index is 4.35. The fourth-order valence-electron chi connectivity index (χ4n) is 2.71. The molecule has 0 rings (SSSR count). The van der Waals surface area contributed by atoms with Gasteiger partial charge < -0.3 is 19.3 Å². The minimum absolute atomic E-state index is 0.144. The molecule has 0 spiro atoms. The maximum atomic E-state index is 12.1. The van der Waals surface area contributed by atoms with E-state index in [0.717, 1.165) is 19.3 Å². The van der Waals surface area contributed by atoms with Gasteiger partial charge in [-0.2, -0.15) is 0 Å². The lowest BCUT2D eigenvalue weighted by molar-refractivity contribution is -0.158. The first-order valence-electron chi connectivity index (χ1n) is 11.3. The van der Waals surface area contributed by atoms with Crippen molar-refractivity contribution in [2.45, 2.75) is 83.7 Å². The predicted molar refractivity (Wildman–Crippen MR) is 127 cm³/mol. The molecule has 0 aromatic heterocycles. The number of unbranched alkanes of at least 4 members (excludes halogenated alkanes) is 9. The first-order chi connectivity index (χ1) is 16.3. The number of hydrogen-bond acceptors (Lipinski definition) is 6. The maximum absolute atomic E-state index is 12.1. The second-order valence-corrected chi connectivity index (χ2v) is 8.56. The summed E-state index contributed by atoms with van der Waals surface area (Å²) in [4.78, 5) is 41.4. The van der Waals surface area contributed by atoms with E-state index in [9.17, 15) is 14.2 Å². The number of ether oxygens (including phenoxy) is 2. The van der Waals surface area contributed by atoms with Crippen molar-refractivity contribution in [1.82, 2.24) is 0 Å². The third kappa shape index (κ3) is 22.5. The average molecular weight is 493 g/mol. The minimum Gasteiger partial charge on any atom is -0.456 e. The molecular formula is C25H33O8P. The molecule has 34 heavy (non-hydrogen) atoms. The Bertz CT molecular complexity index is 880. The molecule has 0 unspecified atom stereocenters. The maximum Gasteiger partial charge on any atom is 0.469 e. The Morgan fingerprint density at radius 2 is 1.41 bits per heavy atom. The van der Waals surface area contributed by atoms with Crippen LogP contribution < -0.4 is 0 Å². The molecule has 0 fully saturated rings. The second kappa shape index (κ2) is 20.9. The van der Waals surface area contributed by atoms with Crippen molar-refractivity contribution in [3.05, 3.63) is 0 Å². The zero-order valence-corrected chi connectivity index (χ0v) is 20.5. The summed E-state index contributed by atoms with van der Waals surface area (Å²) in [6, 6.07) is 0. The van der Waals surface area contributed by atoms with Gasteiger partial charge in [0.25, 0.3) is 0 Å². The summed E-state index contributed by atoms with van der Waals surface area (Å²) >= 11 is 0. The number of phosphoric ester groups is 1. The SMILES string of the molecule is C#CC#CC#CC#CC(=O)OC[C@@H](COP(=O)(O)O)OC(=O)CCCCCCCCCCCC. The van der Waals surface area contributed by atoms with E-state index < -0.39 is 39.1 Å². The molecule has 1 atom stereocenters. The molecular weight excluding hydrogens is 459 g/mol. The van der Waals surface area contributed by atoms with Crippen molar-refractivity contribution in [1.29, 1.82) is 0 Å². The van der Waals surface area contributed by atoms with Crippen LogP contribution in [0.15, 0.2) is 0 Å². The van der Waals surface area contributed by atoms with Crippen LogP contribution in [0, 0.1) is 47.9 Å². The van der Waals surface area contributed by atoms with Crippen LogP contribution in [0.25, 0.3) is 0 Å². The van der Waals surface area contributed by atoms with Gasteiger partial charge in [0.15, 0.2) is 6.10 Å². The van der Waals surface area contributed by atoms with Crippen LogP contribution in [0.4, 0.5) is 0 Å². The molecule has 9 heteroatoms. The van der Waals surface area contributed by atoms with Gasteiger partial charge in [-0.05, 0) is 41.9 Å². The largest absolute Gasteiger partial charge is 0.469 e. The fraction of sp³-hybridized carbons (Fsp3) is 0.600. The van der Waals surface area contributed by atoms with Gasteiger partial charge in [0.2, 0.25) is 0 Å². The van der Waals surface area contributed by atoms with E-state index in [1.165, 1.54) is 38.5 Å². The summed E-state index contributed by atoms with van der Waals surface area (Å²) in [5, 5.41) is 0.